The van der Waals surface area contributed by atoms with Crippen molar-refractivity contribution in [3.8, 4) is 0 Å². The van der Waals surface area contributed by atoms with E-state index in [0.717, 1.165) is 29.1 Å². The highest BCUT2D eigenvalue weighted by molar-refractivity contribution is 5.08. The van der Waals surface area contributed by atoms with Crippen molar-refractivity contribution in [3.63, 3.8) is 0 Å². The lowest BCUT2D eigenvalue weighted by Crippen LogP contribution is -2.39. The molecule has 3 saturated carbocycles. The van der Waals surface area contributed by atoms with Gasteiger partial charge in [-0.3, -0.25) is 0 Å². The van der Waals surface area contributed by atoms with Crippen molar-refractivity contribution in [2.75, 3.05) is 0 Å². The lowest BCUT2D eigenvalue weighted by molar-refractivity contribution is 0.0182. The Balaban J connectivity index is 1.99. The van der Waals surface area contributed by atoms with E-state index in [9.17, 15) is 0 Å². The molecule has 3 rings (SSSR count). The quantitative estimate of drug-likeness (QED) is 0.613. The van der Waals surface area contributed by atoms with E-state index in [-0.39, 0.29) is 0 Å². The molecule has 0 saturated heterocycles. The zero-order valence-corrected chi connectivity index (χ0v) is 9.64. The number of hydrogen-bond acceptors (Lipinski definition) is 0. The van der Waals surface area contributed by atoms with Gasteiger partial charge in [-0.05, 0) is 48.3 Å². The van der Waals surface area contributed by atoms with Crippen molar-refractivity contribution in [1.29, 1.82) is 0 Å². The SMILES string of the molecule is CCC(C)CC12CC(C)C(C1)C2C. The Kier molecular flexibility index (Phi) is 2.20. The van der Waals surface area contributed by atoms with Crippen LogP contribution >= 0.6 is 0 Å². The topological polar surface area (TPSA) is 0 Å². The van der Waals surface area contributed by atoms with Crippen LogP contribution in [0, 0.1) is 29.1 Å². The van der Waals surface area contributed by atoms with E-state index in [2.05, 4.69) is 27.7 Å². The summed E-state index contributed by atoms with van der Waals surface area (Å²) >= 11 is 0. The summed E-state index contributed by atoms with van der Waals surface area (Å²) in [5, 5.41) is 0. The van der Waals surface area contributed by atoms with Crippen LogP contribution in [0.4, 0.5) is 0 Å². The van der Waals surface area contributed by atoms with Gasteiger partial charge in [0.15, 0.2) is 0 Å². The molecule has 0 heterocycles. The van der Waals surface area contributed by atoms with Crippen LogP contribution in [0.25, 0.3) is 0 Å². The molecule has 0 spiro atoms. The Labute approximate surface area is 83.1 Å². The molecule has 0 nitrogen and oxygen atoms in total. The van der Waals surface area contributed by atoms with E-state index < -0.39 is 0 Å². The van der Waals surface area contributed by atoms with Crippen molar-refractivity contribution in [1.82, 2.24) is 0 Å². The smallest absolute Gasteiger partial charge is 0.0261 e. The maximum absolute atomic E-state index is 2.50. The Bertz CT molecular complexity index is 196. The molecule has 5 atom stereocenters. The highest BCUT2D eigenvalue weighted by Crippen LogP contribution is 2.67. The zero-order valence-electron chi connectivity index (χ0n) is 9.64. The van der Waals surface area contributed by atoms with Gasteiger partial charge in [0.25, 0.3) is 0 Å². The van der Waals surface area contributed by atoms with Crippen LogP contribution in [0.5, 0.6) is 0 Å². The summed E-state index contributed by atoms with van der Waals surface area (Å²) in [6.45, 7) is 9.73. The molecule has 13 heavy (non-hydrogen) atoms. The molecule has 0 aromatic heterocycles. The predicted molar refractivity (Wildman–Crippen MR) is 57.6 cm³/mol. The van der Waals surface area contributed by atoms with Gasteiger partial charge in [-0.25, -0.2) is 0 Å². The second-order valence-corrected chi connectivity index (χ2v) is 5.92. The van der Waals surface area contributed by atoms with Gasteiger partial charge in [0.05, 0.1) is 0 Å². The minimum Gasteiger partial charge on any atom is -0.0651 e. The van der Waals surface area contributed by atoms with Gasteiger partial charge < -0.3 is 0 Å². The van der Waals surface area contributed by atoms with Gasteiger partial charge in [-0.1, -0.05) is 34.1 Å². The normalized spacial score (nSPS) is 50.3. The van der Waals surface area contributed by atoms with Gasteiger partial charge in [-0.15, -0.1) is 0 Å². The Morgan fingerprint density at radius 2 is 2.00 bits per heavy atom. The van der Waals surface area contributed by atoms with Crippen molar-refractivity contribution in [2.24, 2.45) is 29.1 Å². The van der Waals surface area contributed by atoms with E-state index in [1.807, 2.05) is 0 Å². The number of hydrogen-bond donors (Lipinski definition) is 0. The first-order valence-electron chi connectivity index (χ1n) is 6.09. The van der Waals surface area contributed by atoms with Gasteiger partial charge in [0.1, 0.15) is 0 Å². The standard InChI is InChI=1S/C13H24/c1-5-9(2)6-13-7-10(3)12(8-13)11(13)4/h9-12H,5-8H2,1-4H3. The maximum atomic E-state index is 2.50. The molecule has 0 radical (unpaired) electrons. The second-order valence-electron chi connectivity index (χ2n) is 5.92. The third-order valence-electron chi connectivity index (χ3n) is 5.16. The van der Waals surface area contributed by atoms with Crippen LogP contribution in [-0.2, 0) is 0 Å². The molecule has 3 fully saturated rings. The van der Waals surface area contributed by atoms with Crippen LogP contribution in [0.3, 0.4) is 0 Å². The summed E-state index contributed by atoms with van der Waals surface area (Å²) in [5.74, 6) is 4.10. The van der Waals surface area contributed by atoms with Crippen LogP contribution in [0.2, 0.25) is 0 Å². The predicted octanol–water partition coefficient (Wildman–Crippen LogP) is 4.10. The van der Waals surface area contributed by atoms with Crippen LogP contribution in [-0.4, -0.2) is 0 Å². The Morgan fingerprint density at radius 3 is 2.38 bits per heavy atom. The van der Waals surface area contributed by atoms with Crippen molar-refractivity contribution < 1.29 is 0 Å². The van der Waals surface area contributed by atoms with Gasteiger partial charge in [0, 0.05) is 0 Å². The highest BCUT2D eigenvalue weighted by Gasteiger charge is 2.59. The minimum absolute atomic E-state index is 0.791. The number of rotatable bonds is 3. The lowest BCUT2D eigenvalue weighted by atomic mass is 9.57. The van der Waals surface area contributed by atoms with Crippen LogP contribution in [0.15, 0.2) is 0 Å². The monoisotopic (exact) mass is 180 g/mol. The van der Waals surface area contributed by atoms with Gasteiger partial charge in [0.2, 0.25) is 0 Å². The summed E-state index contributed by atoms with van der Waals surface area (Å²) in [6, 6.07) is 0. The molecule has 0 N–H and O–H groups in total. The second kappa shape index (κ2) is 3.00. The van der Waals surface area contributed by atoms with E-state index in [0.29, 0.717) is 0 Å². The molecule has 3 aliphatic carbocycles. The molecule has 0 heteroatoms. The average molecular weight is 180 g/mol. The van der Waals surface area contributed by atoms with Crippen LogP contribution in [0.1, 0.15) is 53.4 Å². The molecule has 0 aromatic rings. The summed E-state index contributed by atoms with van der Waals surface area (Å²) in [4.78, 5) is 0. The molecule has 5 unspecified atom stereocenters. The fourth-order valence-corrected chi connectivity index (χ4v) is 4.07. The van der Waals surface area contributed by atoms with Gasteiger partial charge in [-0.2, -0.15) is 0 Å². The average Bonchev–Trinajstić information content (AvgIpc) is 2.54. The third-order valence-corrected chi connectivity index (χ3v) is 5.16. The molecule has 76 valence electrons. The molecular weight excluding hydrogens is 156 g/mol. The summed E-state index contributed by atoms with van der Waals surface area (Å²) in [5.41, 5.74) is 0.791. The largest absolute Gasteiger partial charge is 0.0651 e. The first kappa shape index (κ1) is 9.55. The molecule has 3 aliphatic rings. The summed E-state index contributed by atoms with van der Waals surface area (Å²) < 4.78 is 0. The Hall–Kier alpha value is 0. The first-order chi connectivity index (χ1) is 6.09. The maximum Gasteiger partial charge on any atom is -0.0261 e. The van der Waals surface area contributed by atoms with E-state index in [1.165, 1.54) is 19.3 Å². The summed E-state index contributed by atoms with van der Waals surface area (Å²) in [6.07, 6.45) is 5.96. The molecule has 0 aromatic carbocycles. The minimum atomic E-state index is 0.791. The lowest BCUT2D eigenvalue weighted by Gasteiger charge is -2.47. The molecule has 0 aliphatic heterocycles. The van der Waals surface area contributed by atoms with E-state index in [1.54, 1.807) is 6.42 Å². The van der Waals surface area contributed by atoms with Crippen LogP contribution < -0.4 is 0 Å². The fraction of sp³-hybridized carbons (Fsp3) is 1.00. The van der Waals surface area contributed by atoms with Crippen molar-refractivity contribution in [2.45, 2.75) is 53.4 Å². The Morgan fingerprint density at radius 1 is 1.31 bits per heavy atom. The molecule has 2 bridgehead atoms. The van der Waals surface area contributed by atoms with Crippen molar-refractivity contribution >= 4 is 0 Å². The van der Waals surface area contributed by atoms with Gasteiger partial charge >= 0.3 is 0 Å². The highest BCUT2D eigenvalue weighted by atomic mass is 14.6. The first-order valence-corrected chi connectivity index (χ1v) is 6.09. The van der Waals surface area contributed by atoms with E-state index in [4.69, 9.17) is 0 Å². The van der Waals surface area contributed by atoms with E-state index >= 15 is 0 Å². The fourth-order valence-electron chi connectivity index (χ4n) is 4.07. The zero-order chi connectivity index (χ0) is 9.64. The number of fused-ring (bicyclic) bond motifs is 1. The third kappa shape index (κ3) is 1.25. The molecule has 0 amide bonds. The summed E-state index contributed by atoms with van der Waals surface area (Å²) in [7, 11) is 0. The van der Waals surface area contributed by atoms with Crippen molar-refractivity contribution in [3.05, 3.63) is 0 Å². The molecular formula is C13H24.